The molecule has 1 fully saturated rings. The number of nitrogens with one attached hydrogen (secondary N) is 1. The van der Waals surface area contributed by atoms with E-state index in [1.165, 1.54) is 12.3 Å². The van der Waals surface area contributed by atoms with E-state index in [-0.39, 0.29) is 5.69 Å². The Bertz CT molecular complexity index is 718. The van der Waals surface area contributed by atoms with Crippen LogP contribution in [0.3, 0.4) is 0 Å². The van der Waals surface area contributed by atoms with Crippen molar-refractivity contribution in [2.75, 3.05) is 36.5 Å². The zero-order chi connectivity index (χ0) is 16.9. The third kappa shape index (κ3) is 4.01. The molecule has 0 atom stereocenters. The first-order valence-corrected chi connectivity index (χ1v) is 8.38. The van der Waals surface area contributed by atoms with Crippen LogP contribution in [-0.2, 0) is 11.3 Å². The molecule has 1 N–H and O–H groups in total. The van der Waals surface area contributed by atoms with Crippen LogP contribution in [0, 0.1) is 10.1 Å². The van der Waals surface area contributed by atoms with Gasteiger partial charge in [0, 0.05) is 35.9 Å². The first-order valence-electron chi connectivity index (χ1n) is 7.59. The zero-order valence-electron chi connectivity index (χ0n) is 12.9. The lowest BCUT2D eigenvalue weighted by molar-refractivity contribution is -0.385. The van der Waals surface area contributed by atoms with E-state index in [1.54, 1.807) is 6.07 Å². The van der Waals surface area contributed by atoms with Gasteiger partial charge >= 0.3 is 0 Å². The Morgan fingerprint density at radius 3 is 2.75 bits per heavy atom. The van der Waals surface area contributed by atoms with E-state index in [1.807, 2.05) is 6.07 Å². The highest BCUT2D eigenvalue weighted by atomic mass is 79.9. The number of ether oxygens (including phenoxy) is 1. The Morgan fingerprint density at radius 1 is 1.29 bits per heavy atom. The topological polar surface area (TPSA) is 80.5 Å². The fraction of sp³-hybridized carbons (Fsp3) is 0.312. The summed E-state index contributed by atoms with van der Waals surface area (Å²) in [6.07, 6.45) is 1.26. The second-order valence-corrected chi connectivity index (χ2v) is 6.30. The van der Waals surface area contributed by atoms with E-state index in [0.717, 1.165) is 42.0 Å². The third-order valence-corrected chi connectivity index (χ3v) is 4.31. The van der Waals surface area contributed by atoms with Gasteiger partial charge in [0.15, 0.2) is 0 Å². The lowest BCUT2D eigenvalue weighted by Crippen LogP contribution is -2.36. The summed E-state index contributed by atoms with van der Waals surface area (Å²) in [6, 6.07) is 9.23. The predicted molar refractivity (Wildman–Crippen MR) is 95.4 cm³/mol. The fourth-order valence-electron chi connectivity index (χ4n) is 2.57. The van der Waals surface area contributed by atoms with Crippen LogP contribution in [0.2, 0.25) is 0 Å². The van der Waals surface area contributed by atoms with Crippen molar-refractivity contribution < 1.29 is 9.66 Å². The number of pyridine rings is 1. The molecule has 2 aromatic rings. The van der Waals surface area contributed by atoms with Crippen LogP contribution in [0.25, 0.3) is 0 Å². The van der Waals surface area contributed by atoms with E-state index in [4.69, 9.17) is 4.74 Å². The molecular formula is C16H17BrN4O3. The summed E-state index contributed by atoms with van der Waals surface area (Å²) >= 11 is 3.53. The van der Waals surface area contributed by atoms with Gasteiger partial charge in [-0.3, -0.25) is 10.1 Å². The Morgan fingerprint density at radius 2 is 2.08 bits per heavy atom. The Balaban J connectivity index is 1.73. The molecule has 0 bridgehead atoms. The molecule has 3 rings (SSSR count). The molecule has 7 nitrogen and oxygen atoms in total. The molecule has 126 valence electrons. The number of nitrogens with zero attached hydrogens (tertiary/aromatic N) is 3. The van der Waals surface area contributed by atoms with Crippen molar-refractivity contribution in [3.05, 3.63) is 56.7 Å². The maximum absolute atomic E-state index is 10.7. The molecule has 1 aromatic carbocycles. The molecule has 1 aliphatic heterocycles. The van der Waals surface area contributed by atoms with Gasteiger partial charge in [-0.1, -0.05) is 22.0 Å². The minimum Gasteiger partial charge on any atom is -0.378 e. The molecule has 0 saturated carbocycles. The molecule has 1 aliphatic rings. The van der Waals surface area contributed by atoms with Gasteiger partial charge in [0.2, 0.25) is 0 Å². The average Bonchev–Trinajstić information content (AvgIpc) is 2.61. The number of rotatable bonds is 5. The number of morpholine rings is 1. The average molecular weight is 393 g/mol. The van der Waals surface area contributed by atoms with Gasteiger partial charge in [0.05, 0.1) is 18.1 Å². The summed E-state index contributed by atoms with van der Waals surface area (Å²) in [5.74, 6) is 0.608. The summed E-state index contributed by atoms with van der Waals surface area (Å²) in [7, 11) is 0. The van der Waals surface area contributed by atoms with Gasteiger partial charge in [0.25, 0.3) is 5.69 Å². The van der Waals surface area contributed by atoms with Crippen molar-refractivity contribution in [3.8, 4) is 0 Å². The second-order valence-electron chi connectivity index (χ2n) is 5.38. The predicted octanol–water partition coefficient (Wildman–Crippen LogP) is 3.20. The van der Waals surface area contributed by atoms with Gasteiger partial charge in [-0.15, -0.1) is 0 Å². The van der Waals surface area contributed by atoms with Crippen molar-refractivity contribution >= 4 is 33.1 Å². The number of hydrogen-bond donors (Lipinski definition) is 1. The third-order valence-electron chi connectivity index (χ3n) is 3.82. The highest BCUT2D eigenvalue weighted by molar-refractivity contribution is 9.10. The quantitative estimate of drug-likeness (QED) is 0.621. The molecule has 2 heterocycles. The standard InChI is InChI=1S/C16H17BrN4O3/c17-13-2-1-12(15(9-13)20-5-7-24-8-6-20)10-18-16-4-3-14(11-19-16)21(22)23/h1-4,9,11H,5-8,10H2,(H,18,19). The highest BCUT2D eigenvalue weighted by Crippen LogP contribution is 2.27. The van der Waals surface area contributed by atoms with Gasteiger partial charge in [0.1, 0.15) is 12.0 Å². The summed E-state index contributed by atoms with van der Waals surface area (Å²) in [4.78, 5) is 16.6. The summed E-state index contributed by atoms with van der Waals surface area (Å²) in [6.45, 7) is 3.76. The van der Waals surface area contributed by atoms with Crippen LogP contribution < -0.4 is 10.2 Å². The number of anilines is 2. The van der Waals surface area contributed by atoms with E-state index in [9.17, 15) is 10.1 Å². The number of aromatic nitrogens is 1. The first-order chi connectivity index (χ1) is 11.6. The minimum absolute atomic E-state index is 0.0156. The molecule has 0 aliphatic carbocycles. The first kappa shape index (κ1) is 16.7. The fourth-order valence-corrected chi connectivity index (χ4v) is 2.92. The van der Waals surface area contributed by atoms with Gasteiger partial charge in [-0.05, 0) is 23.8 Å². The number of halogens is 1. The van der Waals surface area contributed by atoms with Crippen molar-refractivity contribution in [3.63, 3.8) is 0 Å². The highest BCUT2D eigenvalue weighted by Gasteiger charge is 2.15. The van der Waals surface area contributed by atoms with Crippen LogP contribution in [0.5, 0.6) is 0 Å². The number of benzene rings is 1. The van der Waals surface area contributed by atoms with Crippen LogP contribution in [0.4, 0.5) is 17.2 Å². The summed E-state index contributed by atoms with van der Waals surface area (Å²) in [5.41, 5.74) is 2.28. The van der Waals surface area contributed by atoms with E-state index >= 15 is 0 Å². The summed E-state index contributed by atoms with van der Waals surface area (Å²) in [5, 5.41) is 13.9. The lowest BCUT2D eigenvalue weighted by atomic mass is 10.1. The van der Waals surface area contributed by atoms with Crippen molar-refractivity contribution in [1.82, 2.24) is 4.98 Å². The smallest absolute Gasteiger partial charge is 0.287 e. The zero-order valence-corrected chi connectivity index (χ0v) is 14.5. The largest absolute Gasteiger partial charge is 0.378 e. The Kier molecular flexibility index (Phi) is 5.27. The second kappa shape index (κ2) is 7.59. The van der Waals surface area contributed by atoms with Crippen molar-refractivity contribution in [1.29, 1.82) is 0 Å². The van der Waals surface area contributed by atoms with E-state index in [0.29, 0.717) is 12.4 Å². The van der Waals surface area contributed by atoms with Crippen LogP contribution in [0.15, 0.2) is 41.0 Å². The van der Waals surface area contributed by atoms with Crippen LogP contribution >= 0.6 is 15.9 Å². The SMILES string of the molecule is O=[N+]([O-])c1ccc(NCc2ccc(Br)cc2N2CCOCC2)nc1. The van der Waals surface area contributed by atoms with Gasteiger partial charge < -0.3 is 15.0 Å². The lowest BCUT2D eigenvalue weighted by Gasteiger charge is -2.31. The number of nitro groups is 1. The molecule has 0 radical (unpaired) electrons. The molecule has 1 saturated heterocycles. The Hall–Kier alpha value is -2.19. The molecule has 8 heteroatoms. The minimum atomic E-state index is -0.456. The molecule has 0 unspecified atom stereocenters. The van der Waals surface area contributed by atoms with Crippen molar-refractivity contribution in [2.24, 2.45) is 0 Å². The maximum atomic E-state index is 10.7. The van der Waals surface area contributed by atoms with E-state index in [2.05, 4.69) is 43.3 Å². The molecule has 0 spiro atoms. The van der Waals surface area contributed by atoms with Gasteiger partial charge in [-0.2, -0.15) is 0 Å². The molecule has 24 heavy (non-hydrogen) atoms. The normalized spacial score (nSPS) is 14.5. The summed E-state index contributed by atoms with van der Waals surface area (Å²) < 4.78 is 6.45. The van der Waals surface area contributed by atoms with Crippen LogP contribution in [-0.4, -0.2) is 36.2 Å². The van der Waals surface area contributed by atoms with Crippen LogP contribution in [0.1, 0.15) is 5.56 Å². The molecule has 0 amide bonds. The monoisotopic (exact) mass is 392 g/mol. The van der Waals surface area contributed by atoms with Crippen molar-refractivity contribution in [2.45, 2.75) is 6.54 Å². The van der Waals surface area contributed by atoms with Gasteiger partial charge in [-0.25, -0.2) is 4.98 Å². The molecular weight excluding hydrogens is 376 g/mol. The maximum Gasteiger partial charge on any atom is 0.287 e. The number of hydrogen-bond acceptors (Lipinski definition) is 6. The molecule has 1 aromatic heterocycles. The van der Waals surface area contributed by atoms with E-state index < -0.39 is 4.92 Å². The Labute approximate surface area is 147 Å².